The molecule has 1 saturated carbocycles. The van der Waals surface area contributed by atoms with Crippen LogP contribution in [0.4, 0.5) is 0 Å². The van der Waals surface area contributed by atoms with Gasteiger partial charge >= 0.3 is 5.97 Å². The van der Waals surface area contributed by atoms with E-state index in [2.05, 4.69) is 6.92 Å². The zero-order valence-electron chi connectivity index (χ0n) is 11.8. The van der Waals surface area contributed by atoms with E-state index in [9.17, 15) is 14.7 Å². The molecule has 2 rings (SSSR count). The zero-order chi connectivity index (χ0) is 13.8. The molecule has 0 aromatic carbocycles. The molecule has 1 amide bonds. The fourth-order valence-corrected chi connectivity index (χ4v) is 3.52. The van der Waals surface area contributed by atoms with E-state index in [0.717, 1.165) is 51.1 Å². The molecule has 2 fully saturated rings. The van der Waals surface area contributed by atoms with Gasteiger partial charge in [0, 0.05) is 13.1 Å². The summed E-state index contributed by atoms with van der Waals surface area (Å²) in [5, 5.41) is 9.27. The molecule has 19 heavy (non-hydrogen) atoms. The second-order valence-corrected chi connectivity index (χ2v) is 6.01. The molecule has 1 aliphatic heterocycles. The molecule has 0 aromatic rings. The number of likely N-dealkylation sites (tertiary alicyclic amines) is 1. The first-order valence-electron chi connectivity index (χ1n) is 7.65. The molecule has 1 heterocycles. The smallest absolute Gasteiger partial charge is 0.307 e. The summed E-state index contributed by atoms with van der Waals surface area (Å²) < 4.78 is 0. The third-order valence-electron chi connectivity index (χ3n) is 4.90. The van der Waals surface area contributed by atoms with Crippen LogP contribution in [0.2, 0.25) is 0 Å². The number of carboxylic acids is 1. The largest absolute Gasteiger partial charge is 0.481 e. The van der Waals surface area contributed by atoms with Gasteiger partial charge in [0.15, 0.2) is 0 Å². The molecule has 4 heteroatoms. The van der Waals surface area contributed by atoms with Gasteiger partial charge in [0.25, 0.3) is 0 Å². The molecular formula is C15H25NO3. The minimum atomic E-state index is -0.790. The van der Waals surface area contributed by atoms with Gasteiger partial charge in [0.05, 0.1) is 11.8 Å². The Morgan fingerprint density at radius 1 is 1.05 bits per heavy atom. The van der Waals surface area contributed by atoms with E-state index >= 15 is 0 Å². The minimum absolute atomic E-state index is 0.0988. The number of rotatable bonds is 3. The summed E-state index contributed by atoms with van der Waals surface area (Å²) in [5.74, 6) is -0.677. The lowest BCUT2D eigenvalue weighted by Crippen LogP contribution is -2.45. The molecule has 2 aliphatic rings. The van der Waals surface area contributed by atoms with E-state index in [-0.39, 0.29) is 11.8 Å². The number of carboxylic acid groups (broad SMARTS) is 1. The SMILES string of the molecule is CCC1CCN(C(=O)[C@@H]2CCCC[C@@H]2C(=O)O)CC1. The second-order valence-electron chi connectivity index (χ2n) is 6.01. The number of piperidine rings is 1. The van der Waals surface area contributed by atoms with Crippen LogP contribution in [0.15, 0.2) is 0 Å². The van der Waals surface area contributed by atoms with Gasteiger partial charge in [-0.15, -0.1) is 0 Å². The predicted molar refractivity (Wildman–Crippen MR) is 72.7 cm³/mol. The van der Waals surface area contributed by atoms with Gasteiger partial charge in [-0.3, -0.25) is 9.59 Å². The van der Waals surface area contributed by atoms with Crippen LogP contribution >= 0.6 is 0 Å². The van der Waals surface area contributed by atoms with Gasteiger partial charge in [-0.2, -0.15) is 0 Å². The van der Waals surface area contributed by atoms with Crippen LogP contribution in [0.25, 0.3) is 0 Å². The third kappa shape index (κ3) is 3.28. The summed E-state index contributed by atoms with van der Waals surface area (Å²) in [7, 11) is 0. The highest BCUT2D eigenvalue weighted by atomic mass is 16.4. The van der Waals surface area contributed by atoms with Crippen LogP contribution < -0.4 is 0 Å². The van der Waals surface area contributed by atoms with E-state index in [4.69, 9.17) is 0 Å². The van der Waals surface area contributed by atoms with Crippen molar-refractivity contribution in [1.82, 2.24) is 4.90 Å². The van der Waals surface area contributed by atoms with Gasteiger partial charge < -0.3 is 10.0 Å². The van der Waals surface area contributed by atoms with Crippen molar-refractivity contribution in [2.24, 2.45) is 17.8 Å². The molecule has 108 valence electrons. The van der Waals surface area contributed by atoms with E-state index in [1.54, 1.807) is 0 Å². The van der Waals surface area contributed by atoms with Crippen molar-refractivity contribution in [3.8, 4) is 0 Å². The molecule has 0 spiro atoms. The van der Waals surface area contributed by atoms with E-state index in [1.165, 1.54) is 6.42 Å². The molecule has 0 radical (unpaired) electrons. The number of aliphatic carboxylic acids is 1. The van der Waals surface area contributed by atoms with Crippen LogP contribution in [-0.2, 0) is 9.59 Å². The van der Waals surface area contributed by atoms with Gasteiger partial charge in [0.1, 0.15) is 0 Å². The Kier molecular flexibility index (Phi) is 4.83. The summed E-state index contributed by atoms with van der Waals surface area (Å²) in [6.45, 7) is 3.84. The van der Waals surface area contributed by atoms with E-state index < -0.39 is 11.9 Å². The van der Waals surface area contributed by atoms with Crippen LogP contribution in [-0.4, -0.2) is 35.0 Å². The summed E-state index contributed by atoms with van der Waals surface area (Å²) in [5.41, 5.74) is 0. The number of hydrogen-bond donors (Lipinski definition) is 1. The number of hydrogen-bond acceptors (Lipinski definition) is 2. The normalized spacial score (nSPS) is 29.2. The highest BCUT2D eigenvalue weighted by Gasteiger charge is 2.38. The Bertz CT molecular complexity index is 334. The van der Waals surface area contributed by atoms with E-state index in [1.807, 2.05) is 4.90 Å². The number of nitrogens with zero attached hydrogens (tertiary/aromatic N) is 1. The molecule has 0 aromatic heterocycles. The van der Waals surface area contributed by atoms with Crippen molar-refractivity contribution in [2.75, 3.05) is 13.1 Å². The Morgan fingerprint density at radius 3 is 2.16 bits per heavy atom. The maximum Gasteiger partial charge on any atom is 0.307 e. The lowest BCUT2D eigenvalue weighted by molar-refractivity contribution is -0.152. The van der Waals surface area contributed by atoms with Crippen molar-refractivity contribution in [2.45, 2.75) is 51.9 Å². The molecule has 2 atom stereocenters. The highest BCUT2D eigenvalue weighted by Crippen LogP contribution is 2.33. The van der Waals surface area contributed by atoms with Crippen LogP contribution in [0.1, 0.15) is 51.9 Å². The van der Waals surface area contributed by atoms with E-state index in [0.29, 0.717) is 6.42 Å². The Morgan fingerprint density at radius 2 is 1.63 bits per heavy atom. The summed E-state index contributed by atoms with van der Waals surface area (Å²) in [6, 6.07) is 0. The fourth-order valence-electron chi connectivity index (χ4n) is 3.52. The molecule has 1 aliphatic carbocycles. The van der Waals surface area contributed by atoms with Gasteiger partial charge in [0.2, 0.25) is 5.91 Å². The van der Waals surface area contributed by atoms with Crippen molar-refractivity contribution in [3.05, 3.63) is 0 Å². The lowest BCUT2D eigenvalue weighted by atomic mass is 9.78. The molecular weight excluding hydrogens is 242 g/mol. The fraction of sp³-hybridized carbons (Fsp3) is 0.867. The highest BCUT2D eigenvalue weighted by molar-refractivity contribution is 5.85. The second kappa shape index (κ2) is 6.40. The van der Waals surface area contributed by atoms with Gasteiger partial charge in [-0.1, -0.05) is 26.2 Å². The van der Waals surface area contributed by atoms with Crippen molar-refractivity contribution in [1.29, 1.82) is 0 Å². The topological polar surface area (TPSA) is 57.6 Å². The number of carbonyl (C=O) groups is 2. The standard InChI is InChI=1S/C15H25NO3/c1-2-11-7-9-16(10-8-11)14(17)12-5-3-4-6-13(12)15(18)19/h11-13H,2-10H2,1H3,(H,18,19)/t12-,13+/m1/s1. The molecule has 1 saturated heterocycles. The maximum atomic E-state index is 12.5. The molecule has 1 N–H and O–H groups in total. The molecule has 0 bridgehead atoms. The molecule has 0 unspecified atom stereocenters. The Labute approximate surface area is 115 Å². The predicted octanol–water partition coefficient (Wildman–Crippen LogP) is 2.53. The van der Waals surface area contributed by atoms with Crippen molar-refractivity contribution in [3.63, 3.8) is 0 Å². The quantitative estimate of drug-likeness (QED) is 0.855. The van der Waals surface area contributed by atoms with Crippen molar-refractivity contribution < 1.29 is 14.7 Å². The number of carbonyl (C=O) groups excluding carboxylic acids is 1. The first-order valence-corrected chi connectivity index (χ1v) is 7.65. The first-order chi connectivity index (χ1) is 9.13. The average Bonchev–Trinajstić information content (AvgIpc) is 2.46. The minimum Gasteiger partial charge on any atom is -0.481 e. The summed E-state index contributed by atoms with van der Waals surface area (Å²) in [6.07, 6.45) is 6.69. The Hall–Kier alpha value is -1.06. The first kappa shape index (κ1) is 14.4. The molecule has 4 nitrogen and oxygen atoms in total. The van der Waals surface area contributed by atoms with Gasteiger partial charge in [-0.25, -0.2) is 0 Å². The van der Waals surface area contributed by atoms with Crippen LogP contribution in [0.5, 0.6) is 0 Å². The summed E-state index contributed by atoms with van der Waals surface area (Å²) >= 11 is 0. The van der Waals surface area contributed by atoms with Crippen LogP contribution in [0, 0.1) is 17.8 Å². The van der Waals surface area contributed by atoms with Gasteiger partial charge in [-0.05, 0) is 31.6 Å². The maximum absolute atomic E-state index is 12.5. The lowest BCUT2D eigenvalue weighted by Gasteiger charge is -2.36. The zero-order valence-corrected chi connectivity index (χ0v) is 11.8. The third-order valence-corrected chi connectivity index (χ3v) is 4.90. The van der Waals surface area contributed by atoms with Crippen LogP contribution in [0.3, 0.4) is 0 Å². The average molecular weight is 267 g/mol. The Balaban J connectivity index is 1.96. The monoisotopic (exact) mass is 267 g/mol. The number of amides is 1. The van der Waals surface area contributed by atoms with Crippen molar-refractivity contribution >= 4 is 11.9 Å². The summed E-state index contributed by atoms with van der Waals surface area (Å²) in [4.78, 5) is 25.7.